The van der Waals surface area contributed by atoms with Gasteiger partial charge >= 0.3 is 5.63 Å². The van der Waals surface area contributed by atoms with E-state index in [9.17, 15) is 29.3 Å². The monoisotopic (exact) mass is 511 g/mol. The van der Waals surface area contributed by atoms with E-state index in [-0.39, 0.29) is 33.3 Å². The molecule has 0 unspecified atom stereocenters. The second kappa shape index (κ2) is 8.68. The Hall–Kier alpha value is -3.95. The number of hydrogen-bond acceptors (Lipinski definition) is 7. The van der Waals surface area contributed by atoms with E-state index < -0.39 is 34.3 Å². The summed E-state index contributed by atoms with van der Waals surface area (Å²) in [4.78, 5) is 26.7. The van der Waals surface area contributed by atoms with Gasteiger partial charge in [-0.1, -0.05) is 41.6 Å². The molecule has 0 saturated carbocycles. The summed E-state index contributed by atoms with van der Waals surface area (Å²) in [7, 11) is 0. The van der Waals surface area contributed by atoms with Crippen LogP contribution in [0, 0.1) is 5.82 Å². The zero-order valence-electron chi connectivity index (χ0n) is 17.7. The van der Waals surface area contributed by atoms with Crippen LogP contribution in [0.3, 0.4) is 0 Å². The van der Waals surface area contributed by atoms with Gasteiger partial charge in [-0.05, 0) is 42.0 Å². The fraction of sp³-hybridized carbons (Fsp3) is 0.0400. The summed E-state index contributed by atoms with van der Waals surface area (Å²) >= 11 is 6.89. The number of benzene rings is 3. The number of halogens is 2. The average molecular weight is 512 g/mol. The predicted octanol–water partition coefficient (Wildman–Crippen LogP) is 5.22. The van der Waals surface area contributed by atoms with E-state index in [1.54, 1.807) is 24.3 Å². The molecule has 0 radical (unpaired) electrons. The molecule has 3 N–H and O–H groups in total. The van der Waals surface area contributed by atoms with Crippen LogP contribution >= 0.6 is 23.4 Å². The molecule has 2 heterocycles. The normalized spacial score (nSPS) is 11.4. The molecule has 2 aromatic heterocycles. The van der Waals surface area contributed by atoms with E-state index in [0.29, 0.717) is 15.5 Å². The molecule has 0 aliphatic carbocycles. The Bertz CT molecular complexity index is 1750. The highest BCUT2D eigenvalue weighted by Crippen LogP contribution is 2.39. The van der Waals surface area contributed by atoms with Crippen molar-refractivity contribution >= 4 is 45.2 Å². The van der Waals surface area contributed by atoms with Crippen molar-refractivity contribution in [3.8, 4) is 17.2 Å². The van der Waals surface area contributed by atoms with Gasteiger partial charge in [-0.25, -0.2) is 9.18 Å². The van der Waals surface area contributed by atoms with Gasteiger partial charge in [0, 0.05) is 21.4 Å². The Morgan fingerprint density at radius 2 is 1.69 bits per heavy atom. The number of aromatic nitrogens is 1. The number of nitrogens with zero attached hydrogens (tertiary/aromatic N) is 1. The summed E-state index contributed by atoms with van der Waals surface area (Å²) < 4.78 is 20.1. The highest BCUT2D eigenvalue weighted by Gasteiger charge is 2.23. The molecule has 3 aromatic carbocycles. The molecule has 0 amide bonds. The van der Waals surface area contributed by atoms with Crippen molar-refractivity contribution in [3.63, 3.8) is 0 Å². The summed E-state index contributed by atoms with van der Waals surface area (Å²) in [6.45, 7) is -0.0505. The van der Waals surface area contributed by atoms with Gasteiger partial charge in [0.05, 0.1) is 12.1 Å². The van der Waals surface area contributed by atoms with Crippen molar-refractivity contribution in [2.75, 3.05) is 0 Å². The maximum absolute atomic E-state index is 13.6. The van der Waals surface area contributed by atoms with Gasteiger partial charge in [-0.2, -0.15) is 0 Å². The number of fused-ring (bicyclic) bond motifs is 3. The number of phenolic OH excluding ortho intramolecular Hbond substituents is 2. The van der Waals surface area contributed by atoms with Crippen molar-refractivity contribution in [1.82, 2.24) is 4.57 Å². The van der Waals surface area contributed by atoms with Gasteiger partial charge in [0.2, 0.25) is 0 Å². The first-order chi connectivity index (χ1) is 16.7. The average Bonchev–Trinajstić information content (AvgIpc) is 2.81. The van der Waals surface area contributed by atoms with Gasteiger partial charge in [0.15, 0.2) is 22.8 Å². The zero-order chi connectivity index (χ0) is 24.9. The second-order valence-corrected chi connectivity index (χ2v) is 9.23. The second-order valence-electron chi connectivity index (χ2n) is 7.71. The summed E-state index contributed by atoms with van der Waals surface area (Å²) in [5, 5.41) is 31.5. The molecule has 0 aliphatic rings. The van der Waals surface area contributed by atoms with Crippen LogP contribution in [0.25, 0.3) is 21.9 Å². The molecule has 5 aromatic rings. The van der Waals surface area contributed by atoms with E-state index in [1.807, 2.05) is 0 Å². The molecular weight excluding hydrogens is 497 g/mol. The molecule has 0 atom stereocenters. The van der Waals surface area contributed by atoms with Crippen LogP contribution in [0.4, 0.5) is 4.39 Å². The fourth-order valence-corrected chi connectivity index (χ4v) is 4.93. The first kappa shape index (κ1) is 22.8. The van der Waals surface area contributed by atoms with Crippen molar-refractivity contribution < 1.29 is 24.1 Å². The first-order valence-electron chi connectivity index (χ1n) is 10.2. The molecule has 0 fully saturated rings. The van der Waals surface area contributed by atoms with E-state index in [1.165, 1.54) is 28.8 Å². The molecule has 7 nitrogen and oxygen atoms in total. The number of pyridine rings is 1. The lowest BCUT2D eigenvalue weighted by Crippen LogP contribution is -2.22. The molecular formula is C25H15ClFNO6S. The molecule has 0 bridgehead atoms. The molecule has 0 spiro atoms. The van der Waals surface area contributed by atoms with Crippen LogP contribution in [0.2, 0.25) is 5.02 Å². The van der Waals surface area contributed by atoms with Crippen LogP contribution in [0.1, 0.15) is 5.56 Å². The minimum Gasteiger partial charge on any atom is -0.505 e. The quantitative estimate of drug-likeness (QED) is 0.224. The lowest BCUT2D eigenvalue weighted by Gasteiger charge is -2.15. The largest absolute Gasteiger partial charge is 0.505 e. The number of hydrogen-bond donors (Lipinski definition) is 3. The Labute approximate surface area is 205 Å². The van der Waals surface area contributed by atoms with Crippen LogP contribution in [0.15, 0.2) is 84.5 Å². The topological polar surface area (TPSA) is 113 Å². The zero-order valence-corrected chi connectivity index (χ0v) is 19.2. The fourth-order valence-electron chi connectivity index (χ4n) is 3.78. The molecule has 0 saturated heterocycles. The predicted molar refractivity (Wildman–Crippen MR) is 130 cm³/mol. The van der Waals surface area contributed by atoms with Crippen LogP contribution in [-0.4, -0.2) is 19.9 Å². The Morgan fingerprint density at radius 1 is 0.971 bits per heavy atom. The molecule has 35 heavy (non-hydrogen) atoms. The van der Waals surface area contributed by atoms with Crippen LogP contribution < -0.4 is 11.2 Å². The molecule has 10 heteroatoms. The van der Waals surface area contributed by atoms with Gasteiger partial charge in [-0.3, -0.25) is 4.79 Å². The SMILES string of the molecule is O=c1oc2c(c(O)c1Sc1cccc(Cl)c1)c(=O)n(Cc1ccc(F)cc1)c1cc(O)c(O)cc21. The Morgan fingerprint density at radius 3 is 2.40 bits per heavy atom. The third-order valence-electron chi connectivity index (χ3n) is 5.42. The number of phenols is 2. The van der Waals surface area contributed by atoms with Crippen LogP contribution in [0.5, 0.6) is 17.2 Å². The van der Waals surface area contributed by atoms with Crippen LogP contribution in [-0.2, 0) is 6.54 Å². The third kappa shape index (κ3) is 4.09. The highest BCUT2D eigenvalue weighted by molar-refractivity contribution is 7.99. The Kier molecular flexibility index (Phi) is 5.66. The van der Waals surface area contributed by atoms with Crippen molar-refractivity contribution in [2.24, 2.45) is 0 Å². The summed E-state index contributed by atoms with van der Waals surface area (Å²) in [6, 6.07) is 14.3. The minimum absolute atomic E-state index is 0.0505. The summed E-state index contributed by atoms with van der Waals surface area (Å²) in [5.41, 5.74) is -1.15. The maximum Gasteiger partial charge on any atom is 0.354 e. The summed E-state index contributed by atoms with van der Waals surface area (Å²) in [6.07, 6.45) is 0. The number of aromatic hydroxyl groups is 3. The molecule has 176 valence electrons. The standard InChI is InChI=1S/C25H15ClFNO6S/c26-13-2-1-3-15(8-13)35-23-21(31)20-22(34-25(23)33)16-9-18(29)19(30)10-17(16)28(24(20)32)11-12-4-6-14(27)7-5-12/h1-10,29-31H,11H2. The van der Waals surface area contributed by atoms with Gasteiger partial charge in [0.1, 0.15) is 16.1 Å². The summed E-state index contributed by atoms with van der Waals surface area (Å²) in [5.74, 6) is -2.04. The first-order valence-corrected chi connectivity index (χ1v) is 11.4. The molecule has 5 rings (SSSR count). The van der Waals surface area contributed by atoms with Crippen molar-refractivity contribution in [3.05, 3.63) is 97.8 Å². The lowest BCUT2D eigenvalue weighted by molar-refractivity contribution is 0.404. The van der Waals surface area contributed by atoms with Gasteiger partial charge < -0.3 is 24.3 Å². The van der Waals surface area contributed by atoms with E-state index in [4.69, 9.17) is 16.0 Å². The lowest BCUT2D eigenvalue weighted by atomic mass is 10.1. The maximum atomic E-state index is 13.6. The minimum atomic E-state index is -0.899. The van der Waals surface area contributed by atoms with Gasteiger partial charge in [0.25, 0.3) is 5.56 Å². The van der Waals surface area contributed by atoms with E-state index >= 15 is 0 Å². The smallest absolute Gasteiger partial charge is 0.354 e. The third-order valence-corrected chi connectivity index (χ3v) is 6.71. The number of rotatable bonds is 4. The van der Waals surface area contributed by atoms with E-state index in [0.717, 1.165) is 23.9 Å². The van der Waals surface area contributed by atoms with Gasteiger partial charge in [-0.15, -0.1) is 0 Å². The molecule has 0 aliphatic heterocycles. The van der Waals surface area contributed by atoms with Crippen molar-refractivity contribution in [2.45, 2.75) is 16.3 Å². The Balaban J connectivity index is 1.82. The highest BCUT2D eigenvalue weighted by atomic mass is 35.5. The van der Waals surface area contributed by atoms with Crippen molar-refractivity contribution in [1.29, 1.82) is 0 Å². The van der Waals surface area contributed by atoms with E-state index in [2.05, 4.69) is 0 Å².